The Balaban J connectivity index is 2.58. The molecule has 0 saturated carbocycles. The second-order valence-corrected chi connectivity index (χ2v) is 8.69. The quantitative estimate of drug-likeness (QED) is 0.706. The van der Waals surface area contributed by atoms with Gasteiger partial charge in [-0.25, -0.2) is 0 Å². The fourth-order valence-electron chi connectivity index (χ4n) is 1.80. The summed E-state index contributed by atoms with van der Waals surface area (Å²) < 4.78 is 6.48. The second-order valence-electron chi connectivity index (χ2n) is 6.40. The van der Waals surface area contributed by atoms with Crippen LogP contribution in [0.15, 0.2) is 24.3 Å². The summed E-state index contributed by atoms with van der Waals surface area (Å²) in [5.74, 6) is -0.858. The molecule has 0 aliphatic heterocycles. The molecule has 0 aliphatic rings. The summed E-state index contributed by atoms with van der Waals surface area (Å²) in [6.07, 6.45) is -0.0558. The van der Waals surface area contributed by atoms with Crippen molar-refractivity contribution in [3.63, 3.8) is 0 Å². The summed E-state index contributed by atoms with van der Waals surface area (Å²) in [5, 5.41) is 12.4. The van der Waals surface area contributed by atoms with E-state index >= 15 is 0 Å². The second kappa shape index (κ2) is 8.94. The first-order chi connectivity index (χ1) is 10.7. The molecular weight excluding hydrogens is 361 g/mol. The molecular formula is C17H25NO4Se. The molecule has 0 radical (unpaired) electrons. The first-order valence-electron chi connectivity index (χ1n) is 7.56. The number of carboxylic acids is 1. The van der Waals surface area contributed by atoms with Gasteiger partial charge in [-0.05, 0) is 0 Å². The number of aliphatic carboxylic acids is 1. The molecule has 1 atom stereocenters. The molecule has 0 fully saturated rings. The van der Waals surface area contributed by atoms with Crippen molar-refractivity contribution in [1.29, 1.82) is 0 Å². The summed E-state index contributed by atoms with van der Waals surface area (Å²) in [5.41, 5.74) is 0.641. The number of ether oxygens (including phenoxy) is 1. The van der Waals surface area contributed by atoms with Crippen LogP contribution in [0.1, 0.15) is 39.2 Å². The fraction of sp³-hybridized carbons (Fsp3) is 0.529. The van der Waals surface area contributed by atoms with Gasteiger partial charge in [0.1, 0.15) is 0 Å². The van der Waals surface area contributed by atoms with Gasteiger partial charge in [-0.1, -0.05) is 0 Å². The molecule has 1 aromatic carbocycles. The van der Waals surface area contributed by atoms with Gasteiger partial charge in [-0.15, -0.1) is 0 Å². The molecule has 1 amide bonds. The van der Waals surface area contributed by atoms with Crippen molar-refractivity contribution in [2.75, 3.05) is 0 Å². The van der Waals surface area contributed by atoms with Gasteiger partial charge < -0.3 is 0 Å². The van der Waals surface area contributed by atoms with Crippen LogP contribution in [0.5, 0.6) is 0 Å². The maximum atomic E-state index is 11.9. The molecule has 0 aromatic heterocycles. The van der Waals surface area contributed by atoms with Crippen LogP contribution in [0, 0.1) is 6.92 Å². The van der Waals surface area contributed by atoms with Gasteiger partial charge in [0.05, 0.1) is 0 Å². The number of aryl methyl sites for hydroxylation is 1. The molecule has 0 bridgehead atoms. The van der Waals surface area contributed by atoms with Crippen molar-refractivity contribution in [2.24, 2.45) is 0 Å². The monoisotopic (exact) mass is 387 g/mol. The van der Waals surface area contributed by atoms with Crippen molar-refractivity contribution < 1.29 is 19.4 Å². The van der Waals surface area contributed by atoms with E-state index in [1.165, 1.54) is 10.0 Å². The molecule has 1 rings (SSSR count). The zero-order chi connectivity index (χ0) is 17.5. The first-order valence-corrected chi connectivity index (χ1v) is 9.63. The summed E-state index contributed by atoms with van der Waals surface area (Å²) >= 11 is 0.173. The molecule has 5 nitrogen and oxygen atoms in total. The Bertz CT molecular complexity index is 522. The van der Waals surface area contributed by atoms with E-state index in [1.54, 1.807) is 20.8 Å². The van der Waals surface area contributed by atoms with E-state index in [0.717, 1.165) is 5.32 Å². The average molecular weight is 386 g/mol. The van der Waals surface area contributed by atoms with Crippen LogP contribution in [0.3, 0.4) is 0 Å². The zero-order valence-electron chi connectivity index (χ0n) is 14.1. The fourth-order valence-corrected chi connectivity index (χ4v) is 3.84. The van der Waals surface area contributed by atoms with Crippen molar-refractivity contribution >= 4 is 31.5 Å². The molecule has 0 unspecified atom stereocenters. The number of benzene rings is 1. The normalized spacial score (nSPS) is 12.5. The molecule has 0 aliphatic carbocycles. The van der Waals surface area contributed by atoms with Crippen molar-refractivity contribution in [1.82, 2.24) is 5.32 Å². The van der Waals surface area contributed by atoms with Crippen molar-refractivity contribution in [2.45, 2.75) is 57.5 Å². The van der Waals surface area contributed by atoms with Crippen molar-refractivity contribution in [3.05, 3.63) is 29.8 Å². The minimum absolute atomic E-state index is 0.0322. The Morgan fingerprint density at radius 3 is 2.39 bits per heavy atom. The molecule has 1 aromatic rings. The van der Waals surface area contributed by atoms with E-state index in [1.807, 2.05) is 6.92 Å². The number of hydrogen-bond donors (Lipinski definition) is 2. The Hall–Kier alpha value is -1.52. The van der Waals surface area contributed by atoms with Gasteiger partial charge in [0.25, 0.3) is 0 Å². The first kappa shape index (κ1) is 19.5. The Labute approximate surface area is 144 Å². The van der Waals surface area contributed by atoms with Gasteiger partial charge in [0.15, 0.2) is 0 Å². The molecule has 128 valence electrons. The average Bonchev–Trinajstić information content (AvgIpc) is 2.41. The van der Waals surface area contributed by atoms with E-state index in [9.17, 15) is 9.59 Å². The molecule has 0 heterocycles. The van der Waals surface area contributed by atoms with Gasteiger partial charge >= 0.3 is 144 Å². The molecule has 0 saturated heterocycles. The number of carbonyl (C=O) groups is 2. The van der Waals surface area contributed by atoms with E-state index < -0.39 is 17.7 Å². The predicted molar refractivity (Wildman–Crippen MR) is 91.4 cm³/mol. The van der Waals surface area contributed by atoms with Gasteiger partial charge in [0.2, 0.25) is 0 Å². The van der Waals surface area contributed by atoms with Crippen LogP contribution in [-0.2, 0) is 9.53 Å². The third kappa shape index (κ3) is 9.26. The van der Waals surface area contributed by atoms with E-state index in [-0.39, 0.29) is 27.4 Å². The number of hydrogen-bond acceptors (Lipinski definition) is 3. The molecule has 0 spiro atoms. The van der Waals surface area contributed by atoms with E-state index in [4.69, 9.17) is 9.84 Å². The Kier molecular flexibility index (Phi) is 7.59. The van der Waals surface area contributed by atoms with Crippen LogP contribution >= 0.6 is 0 Å². The molecule has 23 heavy (non-hydrogen) atoms. The van der Waals surface area contributed by atoms with E-state index in [0.29, 0.717) is 6.42 Å². The number of nitrogens with one attached hydrogen (secondary N) is 1. The predicted octanol–water partition coefficient (Wildman–Crippen LogP) is 2.50. The number of rotatable bonds is 7. The van der Waals surface area contributed by atoms with Gasteiger partial charge in [-0.3, -0.25) is 0 Å². The van der Waals surface area contributed by atoms with Crippen molar-refractivity contribution in [3.8, 4) is 0 Å². The summed E-state index contributed by atoms with van der Waals surface area (Å²) in [6, 6.07) is 8.09. The number of carboxylic acid groups (broad SMARTS) is 1. The Morgan fingerprint density at radius 2 is 1.87 bits per heavy atom. The van der Waals surface area contributed by atoms with Crippen LogP contribution < -0.4 is 9.78 Å². The van der Waals surface area contributed by atoms with Gasteiger partial charge in [-0.2, -0.15) is 0 Å². The summed E-state index contributed by atoms with van der Waals surface area (Å²) in [7, 11) is 0. The summed E-state index contributed by atoms with van der Waals surface area (Å²) in [6.45, 7) is 7.44. The van der Waals surface area contributed by atoms with Crippen LogP contribution in [0.4, 0.5) is 4.79 Å². The van der Waals surface area contributed by atoms with Crippen LogP contribution in [0.2, 0.25) is 5.32 Å². The summed E-state index contributed by atoms with van der Waals surface area (Å²) in [4.78, 5) is 22.7. The molecule has 6 heteroatoms. The maximum absolute atomic E-state index is 11.9. The number of alkyl carbamates (subject to hydrolysis) is 1. The number of carbonyl (C=O) groups excluding carboxylic acids is 1. The minimum atomic E-state index is -0.858. The third-order valence-electron chi connectivity index (χ3n) is 2.90. The van der Waals surface area contributed by atoms with Gasteiger partial charge in [0, 0.05) is 0 Å². The zero-order valence-corrected chi connectivity index (χ0v) is 15.8. The SMILES string of the molecule is Cc1ccc([Se]C[C@H](CCC(=O)O)NC(=O)OC(C)(C)C)cc1. The third-order valence-corrected chi connectivity index (χ3v) is 5.36. The number of amides is 1. The van der Waals surface area contributed by atoms with Crippen LogP contribution in [0.25, 0.3) is 0 Å². The standard InChI is InChI=1S/C17H25NO4Se/c1-12-5-8-14(9-6-12)23-11-13(7-10-15(19)20)18-16(21)22-17(2,3)4/h5-6,8-9,13H,7,10-11H2,1-4H3,(H,18,21)(H,19,20)/t13-/m0/s1. The van der Waals surface area contributed by atoms with Crippen LogP contribution in [-0.4, -0.2) is 43.8 Å². The molecule has 2 N–H and O–H groups in total. The van der Waals surface area contributed by atoms with E-state index in [2.05, 4.69) is 29.6 Å². The Morgan fingerprint density at radius 1 is 1.26 bits per heavy atom. The topological polar surface area (TPSA) is 75.6 Å².